The second-order valence-electron chi connectivity index (χ2n) is 4.25. The number of rotatable bonds is 8. The number of sulfonamides is 1. The minimum atomic E-state index is -3.38. The van der Waals surface area contributed by atoms with Gasteiger partial charge in [-0.05, 0) is 37.7 Å². The summed E-state index contributed by atoms with van der Waals surface area (Å²) in [4.78, 5) is 0.296. The maximum atomic E-state index is 12.2. The minimum absolute atomic E-state index is 0.296. The molecule has 1 N–H and O–H groups in total. The normalized spacial score (nSPS) is 11.8. The van der Waals surface area contributed by atoms with Crippen LogP contribution in [0, 0.1) is 0 Å². The van der Waals surface area contributed by atoms with Crippen LogP contribution in [0.4, 0.5) is 0 Å². The lowest BCUT2D eigenvalue weighted by Crippen LogP contribution is -2.27. The van der Waals surface area contributed by atoms with Crippen molar-refractivity contribution in [2.75, 3.05) is 33.8 Å². The summed E-state index contributed by atoms with van der Waals surface area (Å²) in [6.07, 6.45) is 0.793. The zero-order chi connectivity index (χ0) is 14.3. The Bertz CT molecular complexity index is 471. The molecular weight excluding hydrogens is 264 g/mol. The summed E-state index contributed by atoms with van der Waals surface area (Å²) in [6.45, 7) is 3.77. The Balaban J connectivity index is 2.75. The van der Waals surface area contributed by atoms with Crippen LogP contribution in [0.5, 0.6) is 5.75 Å². The number of nitrogens with one attached hydrogen (secondary N) is 1. The summed E-state index contributed by atoms with van der Waals surface area (Å²) in [5.74, 6) is 0.673. The van der Waals surface area contributed by atoms with E-state index in [1.54, 1.807) is 31.3 Å². The van der Waals surface area contributed by atoms with Crippen LogP contribution in [0.1, 0.15) is 13.3 Å². The zero-order valence-corrected chi connectivity index (χ0v) is 12.5. The molecule has 5 nitrogen and oxygen atoms in total. The first-order valence-corrected chi connectivity index (χ1v) is 7.80. The third kappa shape index (κ3) is 4.49. The number of hydrogen-bond acceptors (Lipinski definition) is 4. The summed E-state index contributed by atoms with van der Waals surface area (Å²) >= 11 is 0. The number of likely N-dealkylation sites (N-methyl/N-ethyl adjacent to an activating group) is 1. The van der Waals surface area contributed by atoms with Gasteiger partial charge in [-0.15, -0.1) is 0 Å². The van der Waals surface area contributed by atoms with E-state index in [4.69, 9.17) is 4.74 Å². The van der Waals surface area contributed by atoms with Gasteiger partial charge in [-0.1, -0.05) is 6.92 Å². The van der Waals surface area contributed by atoms with E-state index in [2.05, 4.69) is 5.32 Å². The fourth-order valence-corrected chi connectivity index (χ4v) is 2.86. The molecule has 108 valence electrons. The van der Waals surface area contributed by atoms with E-state index in [1.807, 2.05) is 14.0 Å². The highest BCUT2D eigenvalue weighted by molar-refractivity contribution is 7.89. The van der Waals surface area contributed by atoms with Crippen molar-refractivity contribution >= 4 is 10.0 Å². The van der Waals surface area contributed by atoms with Crippen LogP contribution in [0.15, 0.2) is 29.2 Å². The number of benzene rings is 1. The van der Waals surface area contributed by atoms with Crippen LogP contribution in [-0.2, 0) is 10.0 Å². The summed E-state index contributed by atoms with van der Waals surface area (Å²) < 4.78 is 31.2. The van der Waals surface area contributed by atoms with Gasteiger partial charge in [0.15, 0.2) is 0 Å². The van der Waals surface area contributed by atoms with Crippen molar-refractivity contribution in [3.05, 3.63) is 24.3 Å². The fourth-order valence-electron chi connectivity index (χ4n) is 1.59. The van der Waals surface area contributed by atoms with Gasteiger partial charge in [0.2, 0.25) is 10.0 Å². The van der Waals surface area contributed by atoms with Crippen molar-refractivity contribution in [2.45, 2.75) is 18.2 Å². The molecule has 0 saturated heterocycles. The Morgan fingerprint density at radius 3 is 2.42 bits per heavy atom. The SMILES string of the molecule is CCCN(C)S(=O)(=O)c1ccc(OCCNC)cc1. The number of hydrogen-bond donors (Lipinski definition) is 1. The molecule has 0 aliphatic rings. The molecule has 1 rings (SSSR count). The van der Waals surface area contributed by atoms with Crippen LogP contribution in [0.2, 0.25) is 0 Å². The quantitative estimate of drug-likeness (QED) is 0.732. The lowest BCUT2D eigenvalue weighted by molar-refractivity contribution is 0.318. The second-order valence-corrected chi connectivity index (χ2v) is 6.29. The Kier molecular flexibility index (Phi) is 6.27. The molecule has 0 bridgehead atoms. The van der Waals surface area contributed by atoms with Crippen LogP contribution in [-0.4, -0.2) is 46.5 Å². The van der Waals surface area contributed by atoms with E-state index in [-0.39, 0.29) is 0 Å². The smallest absolute Gasteiger partial charge is 0.242 e. The molecule has 0 radical (unpaired) electrons. The largest absolute Gasteiger partial charge is 0.492 e. The van der Waals surface area contributed by atoms with Gasteiger partial charge in [0.1, 0.15) is 12.4 Å². The van der Waals surface area contributed by atoms with Crippen LogP contribution in [0.25, 0.3) is 0 Å². The summed E-state index contributed by atoms with van der Waals surface area (Å²) in [5.41, 5.74) is 0. The van der Waals surface area contributed by atoms with E-state index in [0.717, 1.165) is 13.0 Å². The topological polar surface area (TPSA) is 58.6 Å². The average Bonchev–Trinajstić information content (AvgIpc) is 2.40. The third-order valence-electron chi connectivity index (χ3n) is 2.69. The highest BCUT2D eigenvalue weighted by atomic mass is 32.2. The van der Waals surface area contributed by atoms with E-state index in [9.17, 15) is 8.42 Å². The number of ether oxygens (including phenoxy) is 1. The van der Waals surface area contributed by atoms with Crippen molar-refractivity contribution in [3.63, 3.8) is 0 Å². The number of nitrogens with zero attached hydrogens (tertiary/aromatic N) is 1. The maximum Gasteiger partial charge on any atom is 0.242 e. The molecule has 0 heterocycles. The highest BCUT2D eigenvalue weighted by Crippen LogP contribution is 2.18. The molecule has 0 spiro atoms. The van der Waals surface area contributed by atoms with Crippen molar-refractivity contribution in [1.82, 2.24) is 9.62 Å². The standard InChI is InChI=1S/C13H22N2O3S/c1-4-10-15(3)19(16,17)13-7-5-12(6-8-13)18-11-9-14-2/h5-8,14H,4,9-11H2,1-3H3. The Hall–Kier alpha value is -1.11. The van der Waals surface area contributed by atoms with Gasteiger partial charge < -0.3 is 10.1 Å². The molecule has 0 fully saturated rings. The van der Waals surface area contributed by atoms with Crippen molar-refractivity contribution in [1.29, 1.82) is 0 Å². The monoisotopic (exact) mass is 286 g/mol. The molecular formula is C13H22N2O3S. The Morgan fingerprint density at radius 2 is 1.89 bits per heavy atom. The fraction of sp³-hybridized carbons (Fsp3) is 0.538. The van der Waals surface area contributed by atoms with Gasteiger partial charge in [0.25, 0.3) is 0 Å². The summed E-state index contributed by atoms with van der Waals surface area (Å²) in [5, 5.41) is 2.97. The molecule has 1 aromatic rings. The molecule has 0 amide bonds. The summed E-state index contributed by atoms with van der Waals surface area (Å²) in [6, 6.07) is 6.52. The van der Waals surface area contributed by atoms with Crippen LogP contribution < -0.4 is 10.1 Å². The first-order chi connectivity index (χ1) is 9.02. The van der Waals surface area contributed by atoms with E-state index < -0.39 is 10.0 Å². The Morgan fingerprint density at radius 1 is 1.26 bits per heavy atom. The molecule has 0 atom stereocenters. The Labute approximate surface area is 115 Å². The minimum Gasteiger partial charge on any atom is -0.492 e. The van der Waals surface area contributed by atoms with Crippen molar-refractivity contribution < 1.29 is 13.2 Å². The molecule has 0 unspecified atom stereocenters. The lowest BCUT2D eigenvalue weighted by Gasteiger charge is -2.16. The first-order valence-electron chi connectivity index (χ1n) is 6.36. The van der Waals surface area contributed by atoms with E-state index >= 15 is 0 Å². The molecule has 19 heavy (non-hydrogen) atoms. The van der Waals surface area contributed by atoms with E-state index in [0.29, 0.717) is 23.8 Å². The predicted molar refractivity (Wildman–Crippen MR) is 76.0 cm³/mol. The van der Waals surface area contributed by atoms with Gasteiger partial charge in [-0.25, -0.2) is 12.7 Å². The van der Waals surface area contributed by atoms with Gasteiger partial charge in [0.05, 0.1) is 4.90 Å². The molecule has 0 aromatic heterocycles. The van der Waals surface area contributed by atoms with Crippen molar-refractivity contribution in [2.24, 2.45) is 0 Å². The van der Waals surface area contributed by atoms with E-state index in [1.165, 1.54) is 4.31 Å². The second kappa shape index (κ2) is 7.47. The van der Waals surface area contributed by atoms with Gasteiger partial charge >= 0.3 is 0 Å². The molecule has 0 saturated carbocycles. The van der Waals surface area contributed by atoms with Gasteiger partial charge in [0, 0.05) is 20.1 Å². The highest BCUT2D eigenvalue weighted by Gasteiger charge is 2.19. The van der Waals surface area contributed by atoms with Crippen molar-refractivity contribution in [3.8, 4) is 5.75 Å². The predicted octanol–water partition coefficient (Wildman–Crippen LogP) is 1.32. The molecule has 0 aliphatic carbocycles. The first kappa shape index (κ1) is 15.9. The van der Waals surface area contributed by atoms with Gasteiger partial charge in [-0.3, -0.25) is 0 Å². The van der Waals surface area contributed by atoms with Crippen LogP contribution >= 0.6 is 0 Å². The molecule has 0 aliphatic heterocycles. The lowest BCUT2D eigenvalue weighted by atomic mass is 10.3. The van der Waals surface area contributed by atoms with Crippen LogP contribution in [0.3, 0.4) is 0 Å². The van der Waals surface area contributed by atoms with Gasteiger partial charge in [-0.2, -0.15) is 0 Å². The third-order valence-corrected chi connectivity index (χ3v) is 4.56. The molecule has 6 heteroatoms. The zero-order valence-electron chi connectivity index (χ0n) is 11.7. The maximum absolute atomic E-state index is 12.2. The average molecular weight is 286 g/mol. The summed E-state index contributed by atoms with van der Waals surface area (Å²) in [7, 11) is 0.0656. The molecule has 1 aromatic carbocycles.